The van der Waals surface area contributed by atoms with Crippen LogP contribution in [0.2, 0.25) is 0 Å². The van der Waals surface area contributed by atoms with Crippen LogP contribution in [0.3, 0.4) is 0 Å². The van der Waals surface area contributed by atoms with Gasteiger partial charge in [-0.1, -0.05) is 6.07 Å². The Morgan fingerprint density at radius 3 is 2.37 bits per heavy atom. The second-order valence-electron chi connectivity index (χ2n) is 8.26. The number of rotatable bonds is 8. The van der Waals surface area contributed by atoms with E-state index in [0.29, 0.717) is 28.6 Å². The van der Waals surface area contributed by atoms with Gasteiger partial charge in [-0.3, -0.25) is 4.79 Å². The number of fused-ring (bicyclic) bond motifs is 1. The third-order valence-electron chi connectivity index (χ3n) is 6.21. The van der Waals surface area contributed by atoms with Gasteiger partial charge in [0.15, 0.2) is 11.5 Å². The fourth-order valence-electron chi connectivity index (χ4n) is 4.49. The van der Waals surface area contributed by atoms with E-state index in [1.807, 2.05) is 32.1 Å². The zero-order valence-electron chi connectivity index (χ0n) is 20.4. The van der Waals surface area contributed by atoms with Crippen molar-refractivity contribution in [3.05, 3.63) is 82.6 Å². The molecule has 7 heteroatoms. The van der Waals surface area contributed by atoms with Crippen LogP contribution in [0.25, 0.3) is 17.2 Å². The normalized spacial score (nSPS) is 14.6. The monoisotopic (exact) mass is 477 g/mol. The zero-order valence-corrected chi connectivity index (χ0v) is 20.4. The Balaban J connectivity index is 1.76. The summed E-state index contributed by atoms with van der Waals surface area (Å²) in [7, 11) is 4.68. The molecule has 1 aliphatic carbocycles. The molecule has 0 aliphatic heterocycles. The number of furan rings is 1. The summed E-state index contributed by atoms with van der Waals surface area (Å²) in [6, 6.07) is 11.9. The molecule has 1 amide bonds. The SMILES string of the molecule is COc1cc(/C=C2/C(C)=C(C(C)C(=O)NCc3ccco3)c3cc(F)ccc32)cc(OC)c1OC. The summed E-state index contributed by atoms with van der Waals surface area (Å²) >= 11 is 0. The quantitative estimate of drug-likeness (QED) is 0.449. The van der Waals surface area contributed by atoms with Crippen molar-refractivity contribution in [3.63, 3.8) is 0 Å². The Bertz CT molecular complexity index is 1280. The highest BCUT2D eigenvalue weighted by Crippen LogP contribution is 2.46. The summed E-state index contributed by atoms with van der Waals surface area (Å²) in [5.41, 5.74) is 4.98. The van der Waals surface area contributed by atoms with Crippen molar-refractivity contribution in [3.8, 4) is 17.2 Å². The van der Waals surface area contributed by atoms with E-state index in [-0.39, 0.29) is 18.3 Å². The van der Waals surface area contributed by atoms with Crippen molar-refractivity contribution in [2.75, 3.05) is 21.3 Å². The molecule has 4 rings (SSSR count). The number of benzene rings is 2. The first-order valence-corrected chi connectivity index (χ1v) is 11.2. The topological polar surface area (TPSA) is 69.9 Å². The van der Waals surface area contributed by atoms with Gasteiger partial charge in [0.05, 0.1) is 40.1 Å². The van der Waals surface area contributed by atoms with E-state index in [0.717, 1.165) is 27.8 Å². The predicted molar refractivity (Wildman–Crippen MR) is 133 cm³/mol. The molecule has 1 atom stereocenters. The lowest BCUT2D eigenvalue weighted by atomic mass is 9.92. The van der Waals surface area contributed by atoms with E-state index in [2.05, 4.69) is 5.32 Å². The molecule has 3 aromatic rings. The molecule has 0 spiro atoms. The van der Waals surface area contributed by atoms with Gasteiger partial charge >= 0.3 is 0 Å². The Morgan fingerprint density at radius 2 is 1.77 bits per heavy atom. The van der Waals surface area contributed by atoms with Gasteiger partial charge in [0.25, 0.3) is 0 Å². The molecule has 35 heavy (non-hydrogen) atoms. The minimum Gasteiger partial charge on any atom is -0.493 e. The Morgan fingerprint density at radius 1 is 1.06 bits per heavy atom. The van der Waals surface area contributed by atoms with Crippen molar-refractivity contribution in [1.82, 2.24) is 5.32 Å². The molecule has 1 unspecified atom stereocenters. The van der Waals surface area contributed by atoms with Crippen molar-refractivity contribution < 1.29 is 27.8 Å². The number of halogens is 1. The maximum absolute atomic E-state index is 14.3. The van der Waals surface area contributed by atoms with Crippen LogP contribution in [-0.4, -0.2) is 27.2 Å². The molecule has 0 saturated carbocycles. The highest BCUT2D eigenvalue weighted by molar-refractivity contribution is 6.09. The van der Waals surface area contributed by atoms with Gasteiger partial charge in [-0.05, 0) is 89.7 Å². The van der Waals surface area contributed by atoms with Gasteiger partial charge in [-0.2, -0.15) is 0 Å². The molecular formula is C28H28FNO5. The second-order valence-corrected chi connectivity index (χ2v) is 8.26. The maximum atomic E-state index is 14.3. The summed E-state index contributed by atoms with van der Waals surface area (Å²) < 4.78 is 36.0. The van der Waals surface area contributed by atoms with Gasteiger partial charge in [0.1, 0.15) is 11.6 Å². The molecule has 0 bridgehead atoms. The first-order chi connectivity index (χ1) is 16.9. The first kappa shape index (κ1) is 24.1. The van der Waals surface area contributed by atoms with Crippen LogP contribution >= 0.6 is 0 Å². The van der Waals surface area contributed by atoms with Crippen LogP contribution < -0.4 is 19.5 Å². The predicted octanol–water partition coefficient (Wildman–Crippen LogP) is 5.72. The number of allylic oxidation sites excluding steroid dienone is 2. The molecule has 1 N–H and O–H groups in total. The summed E-state index contributed by atoms with van der Waals surface area (Å²) in [6.45, 7) is 4.06. The third kappa shape index (κ3) is 4.67. The van der Waals surface area contributed by atoms with Crippen molar-refractivity contribution in [1.29, 1.82) is 0 Å². The molecule has 182 valence electrons. The summed E-state index contributed by atoms with van der Waals surface area (Å²) in [5, 5.41) is 2.91. The second kappa shape index (κ2) is 10.1. The Hall–Kier alpha value is -4.00. The van der Waals surface area contributed by atoms with E-state index in [1.165, 1.54) is 12.1 Å². The number of methoxy groups -OCH3 is 3. The highest BCUT2D eigenvalue weighted by Gasteiger charge is 2.31. The van der Waals surface area contributed by atoms with Crippen LogP contribution in [0.1, 0.15) is 36.3 Å². The molecule has 0 fully saturated rings. The Kier molecular flexibility index (Phi) is 6.96. The third-order valence-corrected chi connectivity index (χ3v) is 6.21. The van der Waals surface area contributed by atoms with Gasteiger partial charge in [0, 0.05) is 0 Å². The molecular weight excluding hydrogens is 449 g/mol. The van der Waals surface area contributed by atoms with E-state index < -0.39 is 5.92 Å². The standard InChI is InChI=1S/C28H28FNO5/c1-16-22(11-18-12-24(32-3)27(34-5)25(13-18)33-4)21-9-8-19(29)14-23(21)26(16)17(2)28(31)30-15-20-7-6-10-35-20/h6-14,17H,15H2,1-5H3,(H,30,31)/b22-11-. The lowest BCUT2D eigenvalue weighted by Crippen LogP contribution is -2.29. The van der Waals surface area contributed by atoms with Crippen LogP contribution in [-0.2, 0) is 11.3 Å². The molecule has 0 saturated heterocycles. The van der Waals surface area contributed by atoms with Gasteiger partial charge in [0.2, 0.25) is 11.7 Å². The summed E-state index contributed by atoms with van der Waals surface area (Å²) in [6.07, 6.45) is 3.55. The maximum Gasteiger partial charge on any atom is 0.227 e. The number of amides is 1. The summed E-state index contributed by atoms with van der Waals surface area (Å²) in [4.78, 5) is 13.0. The summed E-state index contributed by atoms with van der Waals surface area (Å²) in [5.74, 6) is 1.20. The van der Waals surface area contributed by atoms with Crippen molar-refractivity contribution in [2.45, 2.75) is 20.4 Å². The molecule has 2 aromatic carbocycles. The smallest absolute Gasteiger partial charge is 0.227 e. The molecule has 1 heterocycles. The van der Waals surface area contributed by atoms with E-state index in [4.69, 9.17) is 18.6 Å². The van der Waals surface area contributed by atoms with E-state index >= 15 is 0 Å². The number of nitrogens with one attached hydrogen (secondary N) is 1. The Labute approximate surface area is 204 Å². The number of ether oxygens (including phenoxy) is 3. The molecule has 1 aliphatic rings. The van der Waals surface area contributed by atoms with Crippen LogP contribution in [0.5, 0.6) is 17.2 Å². The van der Waals surface area contributed by atoms with Crippen molar-refractivity contribution in [2.24, 2.45) is 5.92 Å². The number of carbonyl (C=O) groups is 1. The molecule has 0 radical (unpaired) electrons. The average molecular weight is 478 g/mol. The number of hydrogen-bond acceptors (Lipinski definition) is 5. The van der Waals surface area contributed by atoms with Crippen LogP contribution in [0.4, 0.5) is 4.39 Å². The fourth-order valence-corrected chi connectivity index (χ4v) is 4.49. The highest BCUT2D eigenvalue weighted by atomic mass is 19.1. The van der Waals surface area contributed by atoms with Gasteiger partial charge < -0.3 is 23.9 Å². The minimum atomic E-state index is -0.503. The lowest BCUT2D eigenvalue weighted by molar-refractivity contribution is -0.123. The fraction of sp³-hybridized carbons (Fsp3) is 0.250. The van der Waals surface area contributed by atoms with Crippen LogP contribution in [0.15, 0.2) is 58.7 Å². The first-order valence-electron chi connectivity index (χ1n) is 11.2. The average Bonchev–Trinajstić information content (AvgIpc) is 3.47. The number of carbonyl (C=O) groups excluding carboxylic acids is 1. The van der Waals surface area contributed by atoms with Gasteiger partial charge in [-0.25, -0.2) is 4.39 Å². The largest absolute Gasteiger partial charge is 0.493 e. The van der Waals surface area contributed by atoms with Crippen LogP contribution in [0, 0.1) is 11.7 Å². The van der Waals surface area contributed by atoms with Crippen molar-refractivity contribution >= 4 is 23.1 Å². The zero-order chi connectivity index (χ0) is 25.1. The van der Waals surface area contributed by atoms with E-state index in [1.54, 1.807) is 45.8 Å². The lowest BCUT2D eigenvalue weighted by Gasteiger charge is -2.15. The van der Waals surface area contributed by atoms with E-state index in [9.17, 15) is 9.18 Å². The van der Waals surface area contributed by atoms with Gasteiger partial charge in [-0.15, -0.1) is 0 Å². The molecule has 6 nitrogen and oxygen atoms in total. The molecule has 1 aromatic heterocycles. The number of hydrogen-bond donors (Lipinski definition) is 1. The minimum absolute atomic E-state index is 0.167.